The average Bonchev–Trinajstić information content (AvgIpc) is 2.69. The van der Waals surface area contributed by atoms with Gasteiger partial charge in [-0.15, -0.1) is 0 Å². The fourth-order valence-electron chi connectivity index (χ4n) is 3.29. The first-order valence-electron chi connectivity index (χ1n) is 8.94. The smallest absolute Gasteiger partial charge is 0.272 e. The van der Waals surface area contributed by atoms with Gasteiger partial charge in [0.1, 0.15) is 23.0 Å². The minimum atomic E-state index is -0.759. The second-order valence-electron chi connectivity index (χ2n) is 6.69. The largest absolute Gasteiger partial charge is 0.333 e. The zero-order valence-corrected chi connectivity index (χ0v) is 15.2. The molecule has 0 aliphatic carbocycles. The van der Waals surface area contributed by atoms with Gasteiger partial charge >= 0.3 is 0 Å². The van der Waals surface area contributed by atoms with Crippen molar-refractivity contribution in [1.82, 2.24) is 14.9 Å². The van der Waals surface area contributed by atoms with E-state index < -0.39 is 11.6 Å². The number of aromatic nitrogens is 2. The second-order valence-corrected chi connectivity index (χ2v) is 6.69. The number of aryl methyl sites for hydroxylation is 1. The van der Waals surface area contributed by atoms with Crippen LogP contribution >= 0.6 is 0 Å². The Labute approximate surface area is 161 Å². The van der Waals surface area contributed by atoms with Gasteiger partial charge in [-0.05, 0) is 42.7 Å². The Morgan fingerprint density at radius 3 is 2.50 bits per heavy atom. The van der Waals surface area contributed by atoms with Crippen LogP contribution in [0, 0.1) is 18.6 Å². The molecule has 0 fully saturated rings. The summed E-state index contributed by atoms with van der Waals surface area (Å²) in [6.45, 7) is 2.79. The number of halogens is 2. The van der Waals surface area contributed by atoms with Crippen molar-refractivity contribution in [3.05, 3.63) is 82.7 Å². The van der Waals surface area contributed by atoms with Crippen molar-refractivity contribution in [2.45, 2.75) is 19.9 Å². The van der Waals surface area contributed by atoms with Crippen LogP contribution in [0.2, 0.25) is 0 Å². The van der Waals surface area contributed by atoms with E-state index >= 15 is 0 Å². The van der Waals surface area contributed by atoms with Gasteiger partial charge in [0.05, 0.1) is 0 Å². The molecule has 0 saturated heterocycles. The number of para-hydroxylation sites is 1. The summed E-state index contributed by atoms with van der Waals surface area (Å²) in [5.74, 6) is -1.78. The Balaban J connectivity index is 1.60. The quantitative estimate of drug-likeness (QED) is 0.746. The molecule has 7 heteroatoms. The third kappa shape index (κ3) is 3.55. The summed E-state index contributed by atoms with van der Waals surface area (Å²) in [7, 11) is 0. The lowest BCUT2D eigenvalue weighted by atomic mass is 10.00. The third-order valence-electron chi connectivity index (χ3n) is 4.69. The highest BCUT2D eigenvalue weighted by Crippen LogP contribution is 2.23. The van der Waals surface area contributed by atoms with E-state index in [0.29, 0.717) is 18.8 Å². The maximum Gasteiger partial charge on any atom is 0.272 e. The van der Waals surface area contributed by atoms with Crippen LogP contribution in [0.25, 0.3) is 0 Å². The van der Waals surface area contributed by atoms with Crippen LogP contribution in [-0.2, 0) is 13.0 Å². The zero-order valence-electron chi connectivity index (χ0n) is 15.2. The number of hydrogen-bond donors (Lipinski definition) is 1. The number of nitrogens with zero attached hydrogens (tertiary/aromatic N) is 3. The molecule has 1 aliphatic heterocycles. The number of amides is 1. The summed E-state index contributed by atoms with van der Waals surface area (Å²) in [5, 5.41) is 2.55. The first-order valence-corrected chi connectivity index (χ1v) is 8.94. The highest BCUT2D eigenvalue weighted by molar-refractivity contribution is 5.93. The van der Waals surface area contributed by atoms with Gasteiger partial charge in [-0.2, -0.15) is 0 Å². The Kier molecular flexibility index (Phi) is 4.73. The first kappa shape index (κ1) is 18.0. The summed E-state index contributed by atoms with van der Waals surface area (Å²) in [4.78, 5) is 23.0. The molecule has 1 aliphatic rings. The van der Waals surface area contributed by atoms with Gasteiger partial charge < -0.3 is 10.2 Å². The highest BCUT2D eigenvalue weighted by atomic mass is 19.1. The fraction of sp³-hybridized carbons (Fsp3) is 0.190. The number of anilines is 2. The average molecular weight is 380 g/mol. The molecular weight excluding hydrogens is 362 g/mol. The number of fused-ring (bicyclic) bond motifs is 1. The lowest BCUT2D eigenvalue weighted by molar-refractivity contribution is 0.0728. The molecule has 0 bridgehead atoms. The summed E-state index contributed by atoms with van der Waals surface area (Å²) >= 11 is 0. The van der Waals surface area contributed by atoms with Crippen molar-refractivity contribution in [3.63, 3.8) is 0 Å². The molecular formula is C21H18F2N4O. The summed E-state index contributed by atoms with van der Waals surface area (Å²) in [6, 6.07) is 13.1. The molecule has 1 aromatic heterocycles. The molecule has 1 N–H and O–H groups in total. The first-order chi connectivity index (χ1) is 13.5. The summed E-state index contributed by atoms with van der Waals surface area (Å²) in [6.07, 6.45) is 0.775. The molecule has 2 heterocycles. The summed E-state index contributed by atoms with van der Waals surface area (Å²) < 4.78 is 27.8. The van der Waals surface area contributed by atoms with Crippen molar-refractivity contribution in [1.29, 1.82) is 0 Å². The van der Waals surface area contributed by atoms with Crippen molar-refractivity contribution in [2.75, 3.05) is 11.9 Å². The lowest BCUT2D eigenvalue weighted by Crippen LogP contribution is -2.36. The van der Waals surface area contributed by atoms with Crippen LogP contribution in [0.5, 0.6) is 0 Å². The van der Waals surface area contributed by atoms with Crippen LogP contribution in [0.15, 0.2) is 48.5 Å². The van der Waals surface area contributed by atoms with Crippen molar-refractivity contribution < 1.29 is 13.6 Å². The predicted octanol–water partition coefficient (Wildman–Crippen LogP) is 4.01. The Morgan fingerprint density at radius 1 is 1.04 bits per heavy atom. The predicted molar refractivity (Wildman–Crippen MR) is 101 cm³/mol. The van der Waals surface area contributed by atoms with E-state index in [9.17, 15) is 13.6 Å². The Hall–Kier alpha value is -3.35. The van der Waals surface area contributed by atoms with E-state index in [1.165, 1.54) is 11.6 Å². The highest BCUT2D eigenvalue weighted by Gasteiger charge is 2.23. The molecule has 3 aromatic rings. The van der Waals surface area contributed by atoms with Gasteiger partial charge in [0, 0.05) is 18.8 Å². The molecule has 4 rings (SSSR count). The van der Waals surface area contributed by atoms with E-state index in [-0.39, 0.29) is 23.2 Å². The van der Waals surface area contributed by atoms with Crippen LogP contribution in [0.4, 0.5) is 20.4 Å². The van der Waals surface area contributed by atoms with E-state index in [1.54, 1.807) is 17.9 Å². The Morgan fingerprint density at radius 2 is 1.75 bits per heavy atom. The van der Waals surface area contributed by atoms with Crippen molar-refractivity contribution in [3.8, 4) is 0 Å². The van der Waals surface area contributed by atoms with Gasteiger partial charge in [0.15, 0.2) is 0 Å². The van der Waals surface area contributed by atoms with E-state index in [4.69, 9.17) is 0 Å². The normalized spacial score (nSPS) is 13.2. The maximum absolute atomic E-state index is 13.9. The molecule has 0 unspecified atom stereocenters. The summed E-state index contributed by atoms with van der Waals surface area (Å²) in [5.41, 5.74) is 2.71. The molecule has 142 valence electrons. The molecule has 28 heavy (non-hydrogen) atoms. The molecule has 5 nitrogen and oxygen atoms in total. The van der Waals surface area contributed by atoms with Crippen LogP contribution < -0.4 is 5.32 Å². The van der Waals surface area contributed by atoms with Crippen LogP contribution in [0.1, 0.15) is 27.3 Å². The van der Waals surface area contributed by atoms with Crippen molar-refractivity contribution >= 4 is 17.5 Å². The molecule has 0 saturated carbocycles. The number of hydrogen-bond acceptors (Lipinski definition) is 4. The SMILES string of the molecule is Cc1cc(C(=O)N2CCc3ccccc3C2)nc(Nc2c(F)cccc2F)n1. The van der Waals surface area contributed by atoms with E-state index in [2.05, 4.69) is 21.4 Å². The van der Waals surface area contributed by atoms with E-state index in [1.807, 2.05) is 18.2 Å². The van der Waals surface area contributed by atoms with E-state index in [0.717, 1.165) is 24.1 Å². The third-order valence-corrected chi connectivity index (χ3v) is 4.69. The van der Waals surface area contributed by atoms with Crippen LogP contribution in [0.3, 0.4) is 0 Å². The molecule has 0 atom stereocenters. The number of benzene rings is 2. The van der Waals surface area contributed by atoms with Gasteiger partial charge in [0.2, 0.25) is 5.95 Å². The number of carbonyl (C=O) groups is 1. The minimum absolute atomic E-state index is 0.0234. The Bertz CT molecular complexity index is 1030. The number of rotatable bonds is 3. The lowest BCUT2D eigenvalue weighted by Gasteiger charge is -2.28. The second kappa shape index (κ2) is 7.34. The number of carbonyl (C=O) groups excluding carboxylic acids is 1. The standard InChI is InChI=1S/C21H18F2N4O/c1-13-11-18(20(28)27-10-9-14-5-2-3-6-15(14)12-27)25-21(24-13)26-19-16(22)7-4-8-17(19)23/h2-8,11H,9-10,12H2,1H3,(H,24,25,26). The van der Waals surface area contributed by atoms with Gasteiger partial charge in [-0.25, -0.2) is 18.7 Å². The van der Waals surface area contributed by atoms with Crippen LogP contribution in [-0.4, -0.2) is 27.3 Å². The minimum Gasteiger partial charge on any atom is -0.333 e. The number of nitrogens with one attached hydrogen (secondary N) is 1. The van der Waals surface area contributed by atoms with Gasteiger partial charge in [-0.1, -0.05) is 30.3 Å². The van der Waals surface area contributed by atoms with Gasteiger partial charge in [-0.3, -0.25) is 4.79 Å². The molecule has 1 amide bonds. The molecule has 2 aromatic carbocycles. The zero-order chi connectivity index (χ0) is 19.7. The van der Waals surface area contributed by atoms with Crippen molar-refractivity contribution in [2.24, 2.45) is 0 Å². The molecule has 0 radical (unpaired) electrons. The maximum atomic E-state index is 13.9. The molecule has 0 spiro atoms. The monoisotopic (exact) mass is 380 g/mol. The van der Waals surface area contributed by atoms with Gasteiger partial charge in [0.25, 0.3) is 5.91 Å². The fourth-order valence-corrected chi connectivity index (χ4v) is 3.29. The topological polar surface area (TPSA) is 58.1 Å².